The van der Waals surface area contributed by atoms with Gasteiger partial charge < -0.3 is 4.42 Å². The molecule has 0 N–H and O–H groups in total. The Bertz CT molecular complexity index is 531. The summed E-state index contributed by atoms with van der Waals surface area (Å²) in [6.07, 6.45) is -4.90. The molecule has 0 unspecified atom stereocenters. The van der Waals surface area contributed by atoms with Gasteiger partial charge in [-0.1, -0.05) is 0 Å². The summed E-state index contributed by atoms with van der Waals surface area (Å²) in [6, 6.07) is 0. The van der Waals surface area contributed by atoms with Gasteiger partial charge in [0.15, 0.2) is 0 Å². The van der Waals surface area contributed by atoms with Crippen molar-refractivity contribution in [2.45, 2.75) is 12.7 Å². The summed E-state index contributed by atoms with van der Waals surface area (Å²) < 4.78 is 61.0. The topological polar surface area (TPSA) is 82.2 Å². The Balaban J connectivity index is 2.92. The Labute approximate surface area is 91.0 Å². The Kier molecular flexibility index (Phi) is 3.33. The van der Waals surface area contributed by atoms with Crippen LogP contribution in [-0.2, 0) is 21.8 Å². The van der Waals surface area contributed by atoms with E-state index in [1.165, 1.54) is 0 Å². The summed E-state index contributed by atoms with van der Waals surface area (Å²) >= 11 is 0. The Morgan fingerprint density at radius 1 is 1.44 bits per heavy atom. The molecule has 1 aromatic heterocycles. The van der Waals surface area contributed by atoms with Gasteiger partial charge in [-0.3, -0.25) is 0 Å². The molecule has 0 aliphatic carbocycles. The van der Waals surface area contributed by atoms with Gasteiger partial charge in [-0.05, 0) is 0 Å². The Morgan fingerprint density at radius 2 is 2.00 bits per heavy atom. The molecule has 16 heavy (non-hydrogen) atoms. The van der Waals surface area contributed by atoms with Crippen molar-refractivity contribution in [2.24, 2.45) is 0 Å². The van der Waals surface area contributed by atoms with Crippen LogP contribution in [0.1, 0.15) is 5.89 Å². The molecule has 92 valence electrons. The van der Waals surface area contributed by atoms with E-state index in [4.69, 9.17) is 10.7 Å². The molecular formula is C5H4ClF3N2O4S. The van der Waals surface area contributed by atoms with Crippen LogP contribution in [0.15, 0.2) is 9.21 Å². The van der Waals surface area contributed by atoms with E-state index in [0.29, 0.717) is 0 Å². The minimum Gasteiger partial charge on any atom is -0.383 e. The summed E-state index contributed by atoms with van der Waals surface area (Å²) in [5.74, 6) is -3.85. The van der Waals surface area contributed by atoms with E-state index < -0.39 is 39.2 Å². The summed E-state index contributed by atoms with van der Waals surface area (Å²) in [6.45, 7) is -0.607. The first-order valence-electron chi connectivity index (χ1n) is 3.67. The molecule has 0 bridgehead atoms. The zero-order chi connectivity index (χ0) is 12.6. The number of hydrogen-bond acceptors (Lipinski definition) is 5. The predicted octanol–water partition coefficient (Wildman–Crippen LogP) is 0.424. The lowest BCUT2D eigenvalue weighted by Gasteiger charge is -1.97. The molecule has 0 aliphatic heterocycles. The SMILES string of the molecule is O=c1oc(C(F)(F)F)nn1CCS(=O)(=O)Cl. The molecule has 0 radical (unpaired) electrons. The van der Waals surface area contributed by atoms with E-state index in [0.717, 1.165) is 0 Å². The highest BCUT2D eigenvalue weighted by Gasteiger charge is 2.38. The maximum Gasteiger partial charge on any atom is 0.470 e. The van der Waals surface area contributed by atoms with Crippen LogP contribution in [0.4, 0.5) is 13.2 Å². The summed E-state index contributed by atoms with van der Waals surface area (Å²) in [5.41, 5.74) is 0. The number of nitrogens with zero attached hydrogens (tertiary/aromatic N) is 2. The highest BCUT2D eigenvalue weighted by molar-refractivity contribution is 8.13. The predicted molar refractivity (Wildman–Crippen MR) is 45.4 cm³/mol. The second kappa shape index (κ2) is 4.09. The fourth-order valence-electron chi connectivity index (χ4n) is 0.758. The molecule has 1 rings (SSSR count). The van der Waals surface area contributed by atoms with Crippen LogP contribution in [0, 0.1) is 0 Å². The lowest BCUT2D eigenvalue weighted by atomic mass is 10.7. The van der Waals surface area contributed by atoms with Gasteiger partial charge in [0.2, 0.25) is 9.05 Å². The summed E-state index contributed by atoms with van der Waals surface area (Å²) in [7, 11) is 0.893. The van der Waals surface area contributed by atoms with Gasteiger partial charge in [0.1, 0.15) is 0 Å². The number of hydrogen-bond donors (Lipinski definition) is 0. The molecule has 0 amide bonds. The van der Waals surface area contributed by atoms with E-state index >= 15 is 0 Å². The van der Waals surface area contributed by atoms with Gasteiger partial charge in [-0.15, -0.1) is 5.10 Å². The van der Waals surface area contributed by atoms with Crippen molar-refractivity contribution >= 4 is 19.7 Å². The van der Waals surface area contributed by atoms with Crippen molar-refractivity contribution in [2.75, 3.05) is 5.75 Å². The standard InChI is InChI=1S/C5H4ClF3N2O4S/c6-16(13,14)2-1-11-4(12)15-3(10-11)5(7,8)9/h1-2H2. The Morgan fingerprint density at radius 3 is 2.38 bits per heavy atom. The zero-order valence-corrected chi connectivity index (χ0v) is 8.93. The monoisotopic (exact) mass is 280 g/mol. The summed E-state index contributed by atoms with van der Waals surface area (Å²) in [5, 5.41) is 2.77. The largest absolute Gasteiger partial charge is 0.470 e. The third kappa shape index (κ3) is 3.52. The molecular weight excluding hydrogens is 277 g/mol. The van der Waals surface area contributed by atoms with Gasteiger partial charge >= 0.3 is 17.8 Å². The van der Waals surface area contributed by atoms with E-state index in [-0.39, 0.29) is 4.68 Å². The third-order valence-electron chi connectivity index (χ3n) is 1.40. The van der Waals surface area contributed by atoms with Crippen molar-refractivity contribution in [3.8, 4) is 0 Å². The summed E-state index contributed by atoms with van der Waals surface area (Å²) in [4.78, 5) is 10.8. The molecule has 11 heteroatoms. The number of halogens is 4. The molecule has 0 aromatic carbocycles. The lowest BCUT2D eigenvalue weighted by Crippen LogP contribution is -2.20. The van der Waals surface area contributed by atoms with Crippen LogP contribution in [0.3, 0.4) is 0 Å². The van der Waals surface area contributed by atoms with Crippen molar-refractivity contribution < 1.29 is 26.0 Å². The number of alkyl halides is 3. The molecule has 0 saturated heterocycles. The average molecular weight is 281 g/mol. The first-order valence-corrected chi connectivity index (χ1v) is 6.15. The number of rotatable bonds is 3. The smallest absolute Gasteiger partial charge is 0.383 e. The van der Waals surface area contributed by atoms with Crippen molar-refractivity contribution in [3.63, 3.8) is 0 Å². The number of aryl methyl sites for hydroxylation is 1. The minimum atomic E-state index is -4.90. The van der Waals surface area contributed by atoms with Crippen LogP contribution in [0.25, 0.3) is 0 Å². The number of aromatic nitrogens is 2. The second-order valence-electron chi connectivity index (χ2n) is 2.64. The maximum atomic E-state index is 12.0. The van der Waals surface area contributed by atoms with Gasteiger partial charge in [0, 0.05) is 10.7 Å². The van der Waals surface area contributed by atoms with Crippen LogP contribution in [0.2, 0.25) is 0 Å². The van der Waals surface area contributed by atoms with Crippen molar-refractivity contribution in [3.05, 3.63) is 16.4 Å². The zero-order valence-electron chi connectivity index (χ0n) is 7.36. The molecule has 0 fully saturated rings. The van der Waals surface area contributed by atoms with E-state index in [1.54, 1.807) is 0 Å². The van der Waals surface area contributed by atoms with Crippen LogP contribution >= 0.6 is 10.7 Å². The first kappa shape index (κ1) is 13.0. The van der Waals surface area contributed by atoms with Crippen molar-refractivity contribution in [1.82, 2.24) is 9.78 Å². The lowest BCUT2D eigenvalue weighted by molar-refractivity contribution is -0.157. The highest BCUT2D eigenvalue weighted by Crippen LogP contribution is 2.26. The van der Waals surface area contributed by atoms with Gasteiger partial charge in [-0.2, -0.15) is 17.9 Å². The van der Waals surface area contributed by atoms with E-state index in [2.05, 4.69) is 9.52 Å². The molecule has 6 nitrogen and oxygen atoms in total. The highest BCUT2D eigenvalue weighted by atomic mass is 35.7. The third-order valence-corrected chi connectivity index (χ3v) is 2.53. The fourth-order valence-corrected chi connectivity index (χ4v) is 1.36. The molecule has 0 aliphatic rings. The normalized spacial score (nSPS) is 13.0. The molecule has 0 spiro atoms. The Hall–Kier alpha value is -1.03. The van der Waals surface area contributed by atoms with Crippen LogP contribution in [-0.4, -0.2) is 24.0 Å². The van der Waals surface area contributed by atoms with Crippen LogP contribution in [0.5, 0.6) is 0 Å². The van der Waals surface area contributed by atoms with Gasteiger partial charge in [0.05, 0.1) is 12.3 Å². The molecule has 1 aromatic rings. The van der Waals surface area contributed by atoms with Crippen LogP contribution < -0.4 is 5.76 Å². The fraction of sp³-hybridized carbons (Fsp3) is 0.600. The first-order chi connectivity index (χ1) is 7.09. The quantitative estimate of drug-likeness (QED) is 0.750. The van der Waals surface area contributed by atoms with E-state index in [1.807, 2.05) is 0 Å². The van der Waals surface area contributed by atoms with Gasteiger partial charge in [0.25, 0.3) is 0 Å². The second-order valence-corrected chi connectivity index (χ2v) is 5.53. The molecule has 0 saturated carbocycles. The van der Waals surface area contributed by atoms with Gasteiger partial charge in [-0.25, -0.2) is 13.2 Å². The van der Waals surface area contributed by atoms with Crippen molar-refractivity contribution in [1.29, 1.82) is 0 Å². The molecule has 0 atom stereocenters. The average Bonchev–Trinajstić information content (AvgIpc) is 2.41. The maximum absolute atomic E-state index is 12.0. The molecule has 1 heterocycles. The van der Waals surface area contributed by atoms with E-state index in [9.17, 15) is 26.4 Å². The minimum absolute atomic E-state index is 0.239.